The van der Waals surface area contributed by atoms with E-state index in [0.29, 0.717) is 22.5 Å². The fraction of sp³-hybridized carbons (Fsp3) is 0.280. The number of hydrogen-bond acceptors (Lipinski definition) is 2. The molecule has 2 amide bonds. The number of amides is 2. The van der Waals surface area contributed by atoms with Crippen LogP contribution in [0.1, 0.15) is 55.7 Å². The predicted molar refractivity (Wildman–Crippen MR) is 115 cm³/mol. The third-order valence-electron chi connectivity index (χ3n) is 5.53. The molecule has 0 spiro atoms. The van der Waals surface area contributed by atoms with Gasteiger partial charge in [-0.05, 0) is 35.6 Å². The highest BCUT2D eigenvalue weighted by Crippen LogP contribution is 2.37. The van der Waals surface area contributed by atoms with E-state index < -0.39 is 0 Å². The number of carbonyl (C=O) groups is 2. The molecular weight excluding hydrogens is 360 g/mol. The van der Waals surface area contributed by atoms with Crippen LogP contribution in [0.15, 0.2) is 65.7 Å². The van der Waals surface area contributed by atoms with Crippen molar-refractivity contribution in [2.75, 3.05) is 0 Å². The molecule has 0 unspecified atom stereocenters. The minimum Gasteiger partial charge on any atom is -0.321 e. The van der Waals surface area contributed by atoms with Crippen molar-refractivity contribution in [1.82, 2.24) is 10.6 Å². The average molecular weight is 386 g/mol. The summed E-state index contributed by atoms with van der Waals surface area (Å²) in [7, 11) is 0. The molecule has 2 aliphatic heterocycles. The number of carbonyl (C=O) groups excluding carboxylic acids is 2. The van der Waals surface area contributed by atoms with E-state index in [1.807, 2.05) is 42.5 Å². The smallest absolute Gasteiger partial charge is 0.258 e. The first-order valence-electron chi connectivity index (χ1n) is 10.5. The van der Waals surface area contributed by atoms with Gasteiger partial charge in [0, 0.05) is 0 Å². The molecule has 2 aliphatic rings. The molecular formula is C25H26N2O2. The van der Waals surface area contributed by atoms with Gasteiger partial charge in [0.05, 0.1) is 22.5 Å². The van der Waals surface area contributed by atoms with E-state index in [1.54, 1.807) is 0 Å². The SMILES string of the molecule is CCCCCCCc1cccc(C2=C3C(=O)NC(c4ccccc4)=C3C(=O)N2)c1. The van der Waals surface area contributed by atoms with Gasteiger partial charge in [0.25, 0.3) is 11.8 Å². The molecule has 0 saturated carbocycles. The molecule has 2 N–H and O–H groups in total. The number of unbranched alkanes of at least 4 members (excludes halogenated alkanes) is 4. The van der Waals surface area contributed by atoms with Crippen molar-refractivity contribution in [3.8, 4) is 0 Å². The Morgan fingerprint density at radius 1 is 0.690 bits per heavy atom. The van der Waals surface area contributed by atoms with E-state index >= 15 is 0 Å². The van der Waals surface area contributed by atoms with Crippen LogP contribution in [-0.4, -0.2) is 11.8 Å². The van der Waals surface area contributed by atoms with E-state index in [-0.39, 0.29) is 11.8 Å². The van der Waals surface area contributed by atoms with Gasteiger partial charge in [0.2, 0.25) is 0 Å². The molecule has 0 saturated heterocycles. The number of aryl methyl sites for hydroxylation is 1. The quantitative estimate of drug-likeness (QED) is 0.653. The Labute approximate surface area is 171 Å². The number of rotatable bonds is 8. The van der Waals surface area contributed by atoms with Crippen molar-refractivity contribution < 1.29 is 9.59 Å². The summed E-state index contributed by atoms with van der Waals surface area (Å²) < 4.78 is 0. The molecule has 29 heavy (non-hydrogen) atoms. The first-order valence-corrected chi connectivity index (χ1v) is 10.5. The van der Waals surface area contributed by atoms with Crippen molar-refractivity contribution in [3.05, 3.63) is 82.4 Å². The highest BCUT2D eigenvalue weighted by Gasteiger charge is 2.40. The van der Waals surface area contributed by atoms with Gasteiger partial charge < -0.3 is 10.6 Å². The second kappa shape index (κ2) is 8.48. The number of benzene rings is 2. The molecule has 2 aromatic rings. The Hall–Kier alpha value is -3.14. The van der Waals surface area contributed by atoms with Gasteiger partial charge in [-0.3, -0.25) is 9.59 Å². The van der Waals surface area contributed by atoms with E-state index in [1.165, 1.54) is 31.2 Å². The lowest BCUT2D eigenvalue weighted by molar-refractivity contribution is -0.117. The Morgan fingerprint density at radius 2 is 1.31 bits per heavy atom. The zero-order chi connectivity index (χ0) is 20.2. The summed E-state index contributed by atoms with van der Waals surface area (Å²) in [6.45, 7) is 2.22. The summed E-state index contributed by atoms with van der Waals surface area (Å²) in [6.07, 6.45) is 7.21. The Kier molecular flexibility index (Phi) is 5.61. The summed E-state index contributed by atoms with van der Waals surface area (Å²) in [5.41, 5.74) is 5.06. The highest BCUT2D eigenvalue weighted by molar-refractivity contribution is 6.30. The van der Waals surface area contributed by atoms with Crippen LogP contribution >= 0.6 is 0 Å². The molecule has 2 heterocycles. The first-order chi connectivity index (χ1) is 14.2. The normalized spacial score (nSPS) is 15.6. The van der Waals surface area contributed by atoms with E-state index in [9.17, 15) is 9.59 Å². The van der Waals surface area contributed by atoms with Crippen LogP contribution in [0.5, 0.6) is 0 Å². The molecule has 4 nitrogen and oxygen atoms in total. The maximum atomic E-state index is 12.7. The van der Waals surface area contributed by atoms with Crippen molar-refractivity contribution in [1.29, 1.82) is 0 Å². The van der Waals surface area contributed by atoms with Crippen LogP contribution < -0.4 is 10.6 Å². The second-order valence-corrected chi connectivity index (χ2v) is 7.64. The van der Waals surface area contributed by atoms with Gasteiger partial charge in [-0.25, -0.2) is 0 Å². The number of hydrogen-bond donors (Lipinski definition) is 2. The molecule has 0 bridgehead atoms. The van der Waals surface area contributed by atoms with E-state index in [2.05, 4.69) is 29.7 Å². The Balaban J connectivity index is 1.62. The largest absolute Gasteiger partial charge is 0.321 e. The van der Waals surface area contributed by atoms with Crippen molar-refractivity contribution in [2.45, 2.75) is 45.4 Å². The molecule has 4 heteroatoms. The lowest BCUT2D eigenvalue weighted by Gasteiger charge is -2.09. The third-order valence-corrected chi connectivity index (χ3v) is 5.53. The van der Waals surface area contributed by atoms with Crippen LogP contribution in [0, 0.1) is 0 Å². The highest BCUT2D eigenvalue weighted by atomic mass is 16.2. The standard InChI is InChI=1S/C25H26N2O2/c1-2-3-4-5-7-11-17-12-10-15-19(16-17)23-21-20(24(28)27-23)22(26-25(21)29)18-13-8-6-9-14-18/h6,8-10,12-16H,2-5,7,11H2,1H3,(H,26,29)(H,27,28). The van der Waals surface area contributed by atoms with Gasteiger partial charge in [-0.15, -0.1) is 0 Å². The summed E-state index contributed by atoms with van der Waals surface area (Å²) in [6, 6.07) is 17.7. The van der Waals surface area contributed by atoms with E-state index in [4.69, 9.17) is 0 Å². The average Bonchev–Trinajstić information content (AvgIpc) is 3.27. The molecule has 2 aromatic carbocycles. The second-order valence-electron chi connectivity index (χ2n) is 7.64. The zero-order valence-electron chi connectivity index (χ0n) is 16.8. The van der Waals surface area contributed by atoms with Crippen LogP contribution in [-0.2, 0) is 16.0 Å². The first kappa shape index (κ1) is 19.2. The summed E-state index contributed by atoms with van der Waals surface area (Å²) in [5, 5.41) is 5.83. The maximum Gasteiger partial charge on any atom is 0.258 e. The summed E-state index contributed by atoms with van der Waals surface area (Å²) >= 11 is 0. The molecule has 0 aliphatic carbocycles. The van der Waals surface area contributed by atoms with Crippen molar-refractivity contribution >= 4 is 23.2 Å². The molecule has 148 valence electrons. The predicted octanol–water partition coefficient (Wildman–Crippen LogP) is 4.58. The van der Waals surface area contributed by atoms with Gasteiger partial charge >= 0.3 is 0 Å². The van der Waals surface area contributed by atoms with Gasteiger partial charge in [0.15, 0.2) is 0 Å². The van der Waals surface area contributed by atoms with Crippen LogP contribution in [0.25, 0.3) is 11.4 Å². The van der Waals surface area contributed by atoms with Crippen molar-refractivity contribution in [3.63, 3.8) is 0 Å². The van der Waals surface area contributed by atoms with Gasteiger partial charge in [-0.2, -0.15) is 0 Å². The van der Waals surface area contributed by atoms with Crippen molar-refractivity contribution in [2.24, 2.45) is 0 Å². The lowest BCUT2D eigenvalue weighted by Crippen LogP contribution is -2.21. The van der Waals surface area contributed by atoms with Gasteiger partial charge in [-0.1, -0.05) is 81.1 Å². The minimum absolute atomic E-state index is 0.225. The molecule has 0 radical (unpaired) electrons. The zero-order valence-corrected chi connectivity index (χ0v) is 16.8. The lowest BCUT2D eigenvalue weighted by atomic mass is 9.99. The Morgan fingerprint density at radius 3 is 2.00 bits per heavy atom. The molecule has 4 rings (SSSR count). The molecule has 0 fully saturated rings. The fourth-order valence-corrected chi connectivity index (χ4v) is 4.03. The molecule has 0 aromatic heterocycles. The monoisotopic (exact) mass is 386 g/mol. The number of nitrogens with one attached hydrogen (secondary N) is 2. The van der Waals surface area contributed by atoms with Gasteiger partial charge in [0.1, 0.15) is 0 Å². The van der Waals surface area contributed by atoms with Crippen LogP contribution in [0.3, 0.4) is 0 Å². The fourth-order valence-electron chi connectivity index (χ4n) is 4.03. The Bertz CT molecular complexity index is 1000. The number of fused-ring (bicyclic) bond motifs is 1. The molecule has 0 atom stereocenters. The van der Waals surface area contributed by atoms with Crippen LogP contribution in [0.2, 0.25) is 0 Å². The maximum absolute atomic E-state index is 12.7. The summed E-state index contributed by atoms with van der Waals surface area (Å²) in [4.78, 5) is 25.4. The van der Waals surface area contributed by atoms with E-state index in [0.717, 1.165) is 24.0 Å². The van der Waals surface area contributed by atoms with Crippen LogP contribution in [0.4, 0.5) is 0 Å². The third kappa shape index (κ3) is 3.88. The summed E-state index contributed by atoms with van der Waals surface area (Å²) in [5.74, 6) is -0.450. The minimum atomic E-state index is -0.225. The topological polar surface area (TPSA) is 58.2 Å².